The van der Waals surface area contributed by atoms with Crippen LogP contribution in [0.4, 0.5) is 5.69 Å². The average molecular weight is 390 g/mol. The molecule has 3 aromatic rings. The van der Waals surface area contributed by atoms with Crippen LogP contribution in [0.1, 0.15) is 11.1 Å². The van der Waals surface area contributed by atoms with Gasteiger partial charge in [0.2, 0.25) is 5.91 Å². The maximum absolute atomic E-state index is 12.1. The van der Waals surface area contributed by atoms with E-state index < -0.39 is 0 Å². The number of hydrogen-bond acceptors (Lipinski definition) is 3. The predicted octanol–water partition coefficient (Wildman–Crippen LogP) is 4.67. The number of fused-ring (bicyclic) bond motifs is 1. The lowest BCUT2D eigenvalue weighted by Crippen LogP contribution is -2.14. The van der Waals surface area contributed by atoms with Crippen LogP contribution >= 0.6 is 27.7 Å². The summed E-state index contributed by atoms with van der Waals surface area (Å²) >= 11 is 4.86. The second-order valence-electron chi connectivity index (χ2n) is 5.36. The minimum absolute atomic E-state index is 0.0533. The van der Waals surface area contributed by atoms with Gasteiger partial charge in [-0.1, -0.05) is 39.8 Å². The van der Waals surface area contributed by atoms with Crippen LogP contribution in [0.15, 0.2) is 46.0 Å². The van der Waals surface area contributed by atoms with Crippen LogP contribution in [0, 0.1) is 13.8 Å². The number of halogens is 1. The smallest absolute Gasteiger partial charge is 0.234 e. The molecular weight excluding hydrogens is 374 g/mol. The third-order valence-corrected chi connectivity index (χ3v) is 5.14. The molecule has 0 fully saturated rings. The molecule has 0 bridgehead atoms. The number of hydrogen-bond donors (Lipinski definition) is 2. The van der Waals surface area contributed by atoms with Crippen molar-refractivity contribution in [3.8, 4) is 0 Å². The first-order valence-electron chi connectivity index (χ1n) is 7.16. The minimum atomic E-state index is -0.0533. The Bertz CT molecular complexity index is 875. The number of benzene rings is 2. The molecule has 0 spiro atoms. The number of nitrogens with zero attached hydrogens (tertiary/aromatic N) is 1. The van der Waals surface area contributed by atoms with Gasteiger partial charge >= 0.3 is 0 Å². The molecule has 2 aromatic carbocycles. The number of aryl methyl sites for hydroxylation is 2. The van der Waals surface area contributed by atoms with E-state index in [0.717, 1.165) is 31.9 Å². The lowest BCUT2D eigenvalue weighted by atomic mass is 10.2. The number of carbonyl (C=O) groups excluding carboxylic acids is 1. The van der Waals surface area contributed by atoms with Crippen molar-refractivity contribution in [1.82, 2.24) is 9.97 Å². The zero-order valence-corrected chi connectivity index (χ0v) is 15.2. The highest BCUT2D eigenvalue weighted by molar-refractivity contribution is 9.10. The van der Waals surface area contributed by atoms with Crippen LogP contribution in [0.3, 0.4) is 0 Å². The predicted molar refractivity (Wildman–Crippen MR) is 99.1 cm³/mol. The molecule has 0 unspecified atom stereocenters. The summed E-state index contributed by atoms with van der Waals surface area (Å²) in [4.78, 5) is 19.8. The molecular formula is C17H16BrN3OS. The maximum Gasteiger partial charge on any atom is 0.234 e. The SMILES string of the molecule is Cc1ccc2nc(SCC(=O)Nc3ccc(C)c(Br)c3)[nH]c2c1. The number of anilines is 1. The van der Waals surface area contributed by atoms with Gasteiger partial charge in [-0.2, -0.15) is 0 Å². The summed E-state index contributed by atoms with van der Waals surface area (Å²) in [5.41, 5.74) is 5.01. The van der Waals surface area contributed by atoms with E-state index in [1.165, 1.54) is 17.3 Å². The Hall–Kier alpha value is -1.79. The van der Waals surface area contributed by atoms with Crippen molar-refractivity contribution in [1.29, 1.82) is 0 Å². The van der Waals surface area contributed by atoms with E-state index in [1.807, 2.05) is 44.2 Å². The summed E-state index contributed by atoms with van der Waals surface area (Å²) < 4.78 is 0.982. The van der Waals surface area contributed by atoms with Crippen molar-refractivity contribution < 1.29 is 4.79 Å². The quantitative estimate of drug-likeness (QED) is 0.637. The summed E-state index contributed by atoms with van der Waals surface area (Å²) in [7, 11) is 0. The molecule has 0 atom stereocenters. The molecule has 0 saturated carbocycles. The normalized spacial score (nSPS) is 10.9. The summed E-state index contributed by atoms with van der Waals surface area (Å²) in [5, 5.41) is 3.65. The second-order valence-corrected chi connectivity index (χ2v) is 7.18. The molecule has 0 aliphatic heterocycles. The molecule has 1 aromatic heterocycles. The molecule has 2 N–H and O–H groups in total. The second kappa shape index (κ2) is 6.76. The standard InChI is InChI=1S/C17H16BrN3OS/c1-10-3-6-14-15(7-10)21-17(20-14)23-9-16(22)19-12-5-4-11(2)13(18)8-12/h3-8H,9H2,1-2H3,(H,19,22)(H,20,21). The molecule has 4 nitrogen and oxygen atoms in total. The Morgan fingerprint density at radius 3 is 2.87 bits per heavy atom. The van der Waals surface area contributed by atoms with Crippen LogP contribution in [0.5, 0.6) is 0 Å². The third-order valence-electron chi connectivity index (χ3n) is 3.41. The Morgan fingerprint density at radius 1 is 1.26 bits per heavy atom. The van der Waals surface area contributed by atoms with Gasteiger partial charge < -0.3 is 10.3 Å². The number of aromatic amines is 1. The van der Waals surface area contributed by atoms with Crippen molar-refractivity contribution in [3.63, 3.8) is 0 Å². The van der Waals surface area contributed by atoms with Crippen molar-refractivity contribution in [2.75, 3.05) is 11.1 Å². The van der Waals surface area contributed by atoms with Crippen LogP contribution in [-0.2, 0) is 4.79 Å². The van der Waals surface area contributed by atoms with Crippen LogP contribution in [0.2, 0.25) is 0 Å². The van der Waals surface area contributed by atoms with Crippen LogP contribution in [0.25, 0.3) is 11.0 Å². The molecule has 3 rings (SSSR count). The highest BCUT2D eigenvalue weighted by atomic mass is 79.9. The van der Waals surface area contributed by atoms with Gasteiger partial charge in [-0.25, -0.2) is 4.98 Å². The molecule has 1 amide bonds. The Balaban J connectivity index is 1.62. The number of aromatic nitrogens is 2. The molecule has 0 aliphatic rings. The van der Waals surface area contributed by atoms with Crippen molar-refractivity contribution in [3.05, 3.63) is 52.0 Å². The fraction of sp³-hybridized carbons (Fsp3) is 0.176. The first-order chi connectivity index (χ1) is 11.0. The molecule has 118 valence electrons. The van der Waals surface area contributed by atoms with Crippen LogP contribution in [-0.4, -0.2) is 21.6 Å². The van der Waals surface area contributed by atoms with E-state index in [1.54, 1.807) is 0 Å². The van der Waals surface area contributed by atoms with Crippen LogP contribution < -0.4 is 5.32 Å². The van der Waals surface area contributed by atoms with E-state index in [2.05, 4.69) is 37.3 Å². The van der Waals surface area contributed by atoms with Gasteiger partial charge in [0.25, 0.3) is 0 Å². The highest BCUT2D eigenvalue weighted by Crippen LogP contribution is 2.22. The number of carbonyl (C=O) groups is 1. The molecule has 23 heavy (non-hydrogen) atoms. The van der Waals surface area contributed by atoms with Gasteiger partial charge in [0.05, 0.1) is 16.8 Å². The topological polar surface area (TPSA) is 57.8 Å². The van der Waals surface area contributed by atoms with Crippen molar-refractivity contribution in [2.24, 2.45) is 0 Å². The molecule has 6 heteroatoms. The highest BCUT2D eigenvalue weighted by Gasteiger charge is 2.08. The summed E-state index contributed by atoms with van der Waals surface area (Å²) in [6.07, 6.45) is 0. The van der Waals surface area contributed by atoms with E-state index in [0.29, 0.717) is 5.75 Å². The number of H-pyrrole nitrogens is 1. The Morgan fingerprint density at radius 2 is 2.09 bits per heavy atom. The fourth-order valence-electron chi connectivity index (χ4n) is 2.17. The minimum Gasteiger partial charge on any atom is -0.333 e. The van der Waals surface area contributed by atoms with Gasteiger partial charge in [-0.3, -0.25) is 4.79 Å². The molecule has 0 saturated heterocycles. The van der Waals surface area contributed by atoms with Crippen molar-refractivity contribution in [2.45, 2.75) is 19.0 Å². The average Bonchev–Trinajstić information content (AvgIpc) is 2.91. The van der Waals surface area contributed by atoms with Gasteiger partial charge in [0.1, 0.15) is 0 Å². The molecule has 0 aliphatic carbocycles. The Labute approximate surface area is 147 Å². The number of nitrogens with one attached hydrogen (secondary N) is 2. The maximum atomic E-state index is 12.1. The summed E-state index contributed by atoms with van der Waals surface area (Å²) in [6.45, 7) is 4.05. The van der Waals surface area contributed by atoms with Gasteiger partial charge in [-0.15, -0.1) is 0 Å². The number of rotatable bonds is 4. The van der Waals surface area contributed by atoms with Gasteiger partial charge in [0, 0.05) is 10.2 Å². The Kier molecular flexibility index (Phi) is 4.73. The molecule has 1 heterocycles. The molecule has 0 radical (unpaired) electrons. The first-order valence-corrected chi connectivity index (χ1v) is 8.94. The van der Waals surface area contributed by atoms with Gasteiger partial charge in [0.15, 0.2) is 5.16 Å². The number of thioether (sulfide) groups is 1. The van der Waals surface area contributed by atoms with Crippen molar-refractivity contribution >= 4 is 50.3 Å². The third kappa shape index (κ3) is 3.95. The number of imidazole rings is 1. The monoisotopic (exact) mass is 389 g/mol. The number of amides is 1. The lowest BCUT2D eigenvalue weighted by Gasteiger charge is -2.06. The fourth-order valence-corrected chi connectivity index (χ4v) is 3.23. The largest absolute Gasteiger partial charge is 0.333 e. The zero-order chi connectivity index (χ0) is 16.4. The van der Waals surface area contributed by atoms with E-state index in [9.17, 15) is 4.79 Å². The summed E-state index contributed by atoms with van der Waals surface area (Å²) in [5.74, 6) is 0.256. The van der Waals surface area contributed by atoms with Gasteiger partial charge in [-0.05, 0) is 49.2 Å². The summed E-state index contributed by atoms with van der Waals surface area (Å²) in [6, 6.07) is 11.8. The first kappa shape index (κ1) is 16.1. The van der Waals surface area contributed by atoms with E-state index in [4.69, 9.17) is 0 Å². The zero-order valence-electron chi connectivity index (χ0n) is 12.8. The lowest BCUT2D eigenvalue weighted by molar-refractivity contribution is -0.113. The van der Waals surface area contributed by atoms with E-state index in [-0.39, 0.29) is 5.91 Å². The van der Waals surface area contributed by atoms with E-state index >= 15 is 0 Å².